The van der Waals surface area contributed by atoms with Crippen LogP contribution in [0.3, 0.4) is 0 Å². The summed E-state index contributed by atoms with van der Waals surface area (Å²) in [6.07, 6.45) is 2.17. The molecule has 29 heavy (non-hydrogen) atoms. The summed E-state index contributed by atoms with van der Waals surface area (Å²) < 4.78 is 57.8. The van der Waals surface area contributed by atoms with E-state index < -0.39 is 33.9 Å². The Kier molecular flexibility index (Phi) is 5.17. The Morgan fingerprint density at radius 2 is 2.14 bits per heavy atom. The standard InChI is InChI=1S/C18H18F2N4O4S/c19-16-7-13(1-2-15(16)12-3-5-29(26,27)6-4-12)24-9-14(28-18(24)11-25)8-23-10-17(20)21-22-23/h1-3,7,10-11,14,18H,4-6,8-9H2/t14-,18?/m0/s1. The molecule has 1 aromatic carbocycles. The van der Waals surface area contributed by atoms with Gasteiger partial charge in [0, 0.05) is 17.8 Å². The van der Waals surface area contributed by atoms with Gasteiger partial charge in [-0.2, -0.15) is 4.39 Å². The predicted molar refractivity (Wildman–Crippen MR) is 99.7 cm³/mol. The van der Waals surface area contributed by atoms with Gasteiger partial charge in [-0.3, -0.25) is 4.79 Å². The minimum Gasteiger partial charge on any atom is -0.344 e. The van der Waals surface area contributed by atoms with Gasteiger partial charge in [-0.1, -0.05) is 16.4 Å². The van der Waals surface area contributed by atoms with Crippen molar-refractivity contribution < 1.29 is 26.7 Å². The maximum absolute atomic E-state index is 14.7. The van der Waals surface area contributed by atoms with Crippen molar-refractivity contribution in [1.82, 2.24) is 15.0 Å². The quantitative estimate of drug-likeness (QED) is 0.666. The summed E-state index contributed by atoms with van der Waals surface area (Å²) in [7, 11) is -3.10. The number of carbonyl (C=O) groups is 1. The van der Waals surface area contributed by atoms with Crippen LogP contribution >= 0.6 is 0 Å². The fourth-order valence-corrected chi connectivity index (χ4v) is 4.69. The van der Waals surface area contributed by atoms with Gasteiger partial charge in [0.25, 0.3) is 5.95 Å². The van der Waals surface area contributed by atoms with Gasteiger partial charge in [-0.05, 0) is 30.2 Å². The molecular weight excluding hydrogens is 406 g/mol. The van der Waals surface area contributed by atoms with Crippen LogP contribution in [-0.4, -0.2) is 60.1 Å². The highest BCUT2D eigenvalue weighted by Crippen LogP contribution is 2.31. The van der Waals surface area contributed by atoms with E-state index in [0.29, 0.717) is 23.1 Å². The number of rotatable bonds is 5. The molecule has 4 rings (SSSR count). The normalized spacial score (nSPS) is 23.8. The lowest BCUT2D eigenvalue weighted by Gasteiger charge is -2.22. The van der Waals surface area contributed by atoms with Gasteiger partial charge in [0.1, 0.15) is 5.82 Å². The van der Waals surface area contributed by atoms with Crippen LogP contribution in [0, 0.1) is 11.8 Å². The average Bonchev–Trinajstić information content (AvgIpc) is 3.28. The monoisotopic (exact) mass is 424 g/mol. The van der Waals surface area contributed by atoms with E-state index in [1.54, 1.807) is 17.0 Å². The number of anilines is 1. The Morgan fingerprint density at radius 1 is 1.31 bits per heavy atom. The minimum atomic E-state index is -3.10. The zero-order valence-corrected chi connectivity index (χ0v) is 16.1. The van der Waals surface area contributed by atoms with Crippen molar-refractivity contribution in [2.75, 3.05) is 23.0 Å². The van der Waals surface area contributed by atoms with Crippen molar-refractivity contribution in [3.8, 4) is 0 Å². The third kappa shape index (κ3) is 4.20. The minimum absolute atomic E-state index is 0.00222. The van der Waals surface area contributed by atoms with Crippen LogP contribution in [0.25, 0.3) is 5.57 Å². The third-order valence-corrected chi connectivity index (χ3v) is 6.45. The number of ether oxygens (including phenoxy) is 1. The van der Waals surface area contributed by atoms with E-state index in [9.17, 15) is 22.0 Å². The average molecular weight is 424 g/mol. The van der Waals surface area contributed by atoms with Gasteiger partial charge in [0.15, 0.2) is 22.4 Å². The lowest BCUT2D eigenvalue weighted by molar-refractivity contribution is -0.117. The van der Waals surface area contributed by atoms with Gasteiger partial charge in [-0.15, -0.1) is 0 Å². The molecule has 0 bridgehead atoms. The van der Waals surface area contributed by atoms with Crippen LogP contribution in [0.1, 0.15) is 12.0 Å². The van der Waals surface area contributed by atoms with Crippen molar-refractivity contribution >= 4 is 27.4 Å². The molecule has 1 fully saturated rings. The molecule has 0 spiro atoms. The molecule has 154 valence electrons. The molecule has 0 N–H and O–H groups in total. The first-order valence-corrected chi connectivity index (χ1v) is 10.8. The van der Waals surface area contributed by atoms with Gasteiger partial charge in [0.2, 0.25) is 0 Å². The van der Waals surface area contributed by atoms with E-state index in [1.807, 2.05) is 0 Å². The van der Waals surface area contributed by atoms with Crippen LogP contribution in [-0.2, 0) is 25.9 Å². The van der Waals surface area contributed by atoms with Crippen molar-refractivity contribution in [2.45, 2.75) is 25.3 Å². The lowest BCUT2D eigenvalue weighted by atomic mass is 10.0. The second kappa shape index (κ2) is 7.64. The summed E-state index contributed by atoms with van der Waals surface area (Å²) in [4.78, 5) is 13.0. The molecule has 0 amide bonds. The van der Waals surface area contributed by atoms with E-state index >= 15 is 0 Å². The molecule has 0 radical (unpaired) electrons. The van der Waals surface area contributed by atoms with Gasteiger partial charge < -0.3 is 9.64 Å². The topological polar surface area (TPSA) is 94.4 Å². The predicted octanol–water partition coefficient (Wildman–Crippen LogP) is 1.19. The van der Waals surface area contributed by atoms with E-state index in [4.69, 9.17) is 4.74 Å². The van der Waals surface area contributed by atoms with Crippen molar-refractivity contribution in [1.29, 1.82) is 0 Å². The number of benzene rings is 1. The van der Waals surface area contributed by atoms with E-state index in [0.717, 1.165) is 6.20 Å². The largest absolute Gasteiger partial charge is 0.344 e. The van der Waals surface area contributed by atoms with Crippen LogP contribution in [0.15, 0.2) is 30.5 Å². The van der Waals surface area contributed by atoms with Gasteiger partial charge >= 0.3 is 0 Å². The van der Waals surface area contributed by atoms with Gasteiger partial charge in [-0.25, -0.2) is 17.5 Å². The van der Waals surface area contributed by atoms with Crippen LogP contribution in [0.4, 0.5) is 14.5 Å². The molecule has 1 saturated heterocycles. The zero-order chi connectivity index (χ0) is 20.6. The number of carbonyl (C=O) groups excluding carboxylic acids is 1. The van der Waals surface area contributed by atoms with Crippen LogP contribution < -0.4 is 4.90 Å². The van der Waals surface area contributed by atoms with Gasteiger partial charge in [0.05, 0.1) is 30.4 Å². The molecule has 2 atom stereocenters. The summed E-state index contributed by atoms with van der Waals surface area (Å²) in [5.74, 6) is -1.31. The summed E-state index contributed by atoms with van der Waals surface area (Å²) in [5, 5.41) is 6.88. The molecule has 3 heterocycles. The second-order valence-electron chi connectivity index (χ2n) is 6.96. The number of allylic oxidation sites excluding steroid dienone is 1. The van der Waals surface area contributed by atoms with E-state index in [-0.39, 0.29) is 31.0 Å². The number of hydrogen-bond acceptors (Lipinski definition) is 7. The zero-order valence-electron chi connectivity index (χ0n) is 15.2. The lowest BCUT2D eigenvalue weighted by Crippen LogP contribution is -2.31. The summed E-state index contributed by atoms with van der Waals surface area (Å²) >= 11 is 0. The summed E-state index contributed by atoms with van der Waals surface area (Å²) in [6, 6.07) is 4.55. The van der Waals surface area contributed by atoms with Crippen molar-refractivity contribution in [2.24, 2.45) is 0 Å². The molecule has 1 aromatic heterocycles. The maximum Gasteiger partial charge on any atom is 0.252 e. The Balaban J connectivity index is 1.52. The third-order valence-electron chi connectivity index (χ3n) is 4.95. The first kappa shape index (κ1) is 19.6. The first-order valence-electron chi connectivity index (χ1n) is 8.97. The Labute approximate surface area is 165 Å². The number of halogens is 2. The summed E-state index contributed by atoms with van der Waals surface area (Å²) in [5.41, 5.74) is 1.46. The molecular formula is C18H18F2N4O4S. The molecule has 11 heteroatoms. The Hall–Kier alpha value is -2.66. The highest BCUT2D eigenvalue weighted by Gasteiger charge is 2.34. The molecule has 8 nitrogen and oxygen atoms in total. The first-order chi connectivity index (χ1) is 13.8. The number of sulfone groups is 1. The number of nitrogens with zero attached hydrogens (tertiary/aromatic N) is 4. The SMILES string of the molecule is O=CC1O[C@@H](Cn2cc(F)nn2)CN1c1ccc(C2=CCS(=O)(=O)CC2)c(F)c1. The fraction of sp³-hybridized carbons (Fsp3) is 0.389. The number of aromatic nitrogens is 3. The second-order valence-corrected chi connectivity index (χ2v) is 9.19. The van der Waals surface area contributed by atoms with Crippen LogP contribution in [0.5, 0.6) is 0 Å². The fourth-order valence-electron chi connectivity index (χ4n) is 3.53. The highest BCUT2D eigenvalue weighted by molar-refractivity contribution is 7.91. The molecule has 2 aliphatic rings. The smallest absolute Gasteiger partial charge is 0.252 e. The number of hydrogen-bond donors (Lipinski definition) is 0. The molecule has 2 aliphatic heterocycles. The van der Waals surface area contributed by atoms with E-state index in [2.05, 4.69) is 10.3 Å². The summed E-state index contributed by atoms with van der Waals surface area (Å²) in [6.45, 7) is 0.476. The molecule has 1 unspecified atom stereocenters. The van der Waals surface area contributed by atoms with E-state index in [1.165, 1.54) is 16.8 Å². The molecule has 0 aliphatic carbocycles. The number of aldehydes is 1. The molecule has 2 aromatic rings. The Bertz CT molecular complexity index is 1070. The van der Waals surface area contributed by atoms with Crippen molar-refractivity contribution in [3.05, 3.63) is 47.8 Å². The molecule has 0 saturated carbocycles. The van der Waals surface area contributed by atoms with Crippen LogP contribution in [0.2, 0.25) is 0 Å². The Morgan fingerprint density at radius 3 is 2.76 bits per heavy atom. The highest BCUT2D eigenvalue weighted by atomic mass is 32.2. The van der Waals surface area contributed by atoms with Crippen molar-refractivity contribution in [3.63, 3.8) is 0 Å². The maximum atomic E-state index is 14.7.